The summed E-state index contributed by atoms with van der Waals surface area (Å²) in [5.41, 5.74) is 6.27. The molecule has 0 spiro atoms. The third kappa shape index (κ3) is 3.71. The lowest BCUT2D eigenvalue weighted by Gasteiger charge is -2.11. The molecule has 0 aromatic heterocycles. The van der Waals surface area contributed by atoms with Gasteiger partial charge in [-0.05, 0) is 41.7 Å². The Balaban J connectivity index is 0.000000956. The molecule has 0 fully saturated rings. The van der Waals surface area contributed by atoms with E-state index in [1.165, 1.54) is 27.8 Å². The molecule has 0 N–H and O–H groups in total. The molecule has 0 saturated carbocycles. The normalized spacial score (nSPS) is 11.0. The second kappa shape index (κ2) is 8.16. The number of benzene rings is 2. The van der Waals surface area contributed by atoms with E-state index in [4.69, 9.17) is 0 Å². The zero-order valence-electron chi connectivity index (χ0n) is 13.0. The Morgan fingerprint density at radius 3 is 2.00 bits per heavy atom. The number of aryl methyl sites for hydroxylation is 1. The molecule has 0 amide bonds. The summed E-state index contributed by atoms with van der Waals surface area (Å²) < 4.78 is 0. The monoisotopic (exact) mass is 264 g/mol. The fourth-order valence-corrected chi connectivity index (χ4v) is 2.24. The molecular formula is C20H24. The van der Waals surface area contributed by atoms with E-state index in [1.807, 2.05) is 26.0 Å². The summed E-state index contributed by atoms with van der Waals surface area (Å²) in [6.07, 6.45) is 1.94. The average molecular weight is 264 g/mol. The number of hydrogen-bond donors (Lipinski definition) is 0. The van der Waals surface area contributed by atoms with E-state index < -0.39 is 0 Å². The minimum atomic E-state index is 1.20. The van der Waals surface area contributed by atoms with Gasteiger partial charge in [-0.15, -0.1) is 0 Å². The minimum Gasteiger partial charge on any atom is -0.0984 e. The van der Waals surface area contributed by atoms with Crippen LogP contribution in [0.1, 0.15) is 37.5 Å². The summed E-state index contributed by atoms with van der Waals surface area (Å²) in [7, 11) is 0. The van der Waals surface area contributed by atoms with Gasteiger partial charge in [-0.3, -0.25) is 0 Å². The molecule has 2 aromatic carbocycles. The van der Waals surface area contributed by atoms with E-state index >= 15 is 0 Å². The zero-order valence-corrected chi connectivity index (χ0v) is 13.0. The van der Waals surface area contributed by atoms with Crippen molar-refractivity contribution in [1.82, 2.24) is 0 Å². The summed E-state index contributed by atoms with van der Waals surface area (Å²) in [6.45, 7) is 12.3. The van der Waals surface area contributed by atoms with Crippen molar-refractivity contribution in [2.24, 2.45) is 0 Å². The average Bonchev–Trinajstić information content (AvgIpc) is 2.51. The second-order valence-electron chi connectivity index (χ2n) is 4.42. The van der Waals surface area contributed by atoms with Gasteiger partial charge >= 0.3 is 0 Å². The minimum absolute atomic E-state index is 1.20. The highest BCUT2D eigenvalue weighted by Crippen LogP contribution is 2.28. The molecule has 0 radical (unpaired) electrons. The SMILES string of the molecule is C=C/C(=C(\C)c1ccccc1C)c1ccccc1.CC. The Hall–Kier alpha value is -2.08. The molecule has 0 aliphatic heterocycles. The first-order valence-corrected chi connectivity index (χ1v) is 7.18. The van der Waals surface area contributed by atoms with Crippen molar-refractivity contribution in [1.29, 1.82) is 0 Å². The van der Waals surface area contributed by atoms with Crippen LogP contribution in [0.15, 0.2) is 67.3 Å². The van der Waals surface area contributed by atoms with Crippen LogP contribution in [0.3, 0.4) is 0 Å². The number of allylic oxidation sites excluding steroid dienone is 3. The molecule has 0 aliphatic rings. The first kappa shape index (κ1) is 16.0. The molecule has 2 aromatic rings. The Bertz CT molecular complexity index is 574. The maximum absolute atomic E-state index is 3.96. The van der Waals surface area contributed by atoms with Gasteiger partial charge in [0.05, 0.1) is 0 Å². The lowest BCUT2D eigenvalue weighted by molar-refractivity contribution is 1.41. The molecule has 0 aliphatic carbocycles. The van der Waals surface area contributed by atoms with E-state index in [0.717, 1.165) is 0 Å². The van der Waals surface area contributed by atoms with Crippen molar-refractivity contribution in [3.63, 3.8) is 0 Å². The maximum atomic E-state index is 3.96. The van der Waals surface area contributed by atoms with Gasteiger partial charge in [0.2, 0.25) is 0 Å². The van der Waals surface area contributed by atoms with E-state index in [-0.39, 0.29) is 0 Å². The van der Waals surface area contributed by atoms with Crippen LogP contribution in [0, 0.1) is 6.92 Å². The molecule has 0 heteroatoms. The summed E-state index contributed by atoms with van der Waals surface area (Å²) in [5, 5.41) is 0. The van der Waals surface area contributed by atoms with Crippen LogP contribution in [0.2, 0.25) is 0 Å². The largest absolute Gasteiger partial charge is 0.0984 e. The predicted molar refractivity (Wildman–Crippen MR) is 91.7 cm³/mol. The molecule has 0 nitrogen and oxygen atoms in total. The van der Waals surface area contributed by atoms with Crippen LogP contribution in [-0.4, -0.2) is 0 Å². The quantitative estimate of drug-likeness (QED) is 0.461. The summed E-state index contributed by atoms with van der Waals surface area (Å²) in [6, 6.07) is 18.9. The standard InChI is InChI=1S/C18H18.C2H6/c1-4-17(16-11-6-5-7-12-16)15(3)18-13-9-8-10-14(18)2;1-2/h4-13H,1H2,2-3H3;1-2H3/b17-15-;. The Labute approximate surface area is 123 Å². The van der Waals surface area contributed by atoms with Gasteiger partial charge in [-0.1, -0.05) is 81.1 Å². The van der Waals surface area contributed by atoms with Gasteiger partial charge in [0.15, 0.2) is 0 Å². The topological polar surface area (TPSA) is 0 Å². The van der Waals surface area contributed by atoms with E-state index in [9.17, 15) is 0 Å². The van der Waals surface area contributed by atoms with Crippen LogP contribution in [0.5, 0.6) is 0 Å². The third-order valence-corrected chi connectivity index (χ3v) is 3.24. The molecular weight excluding hydrogens is 240 g/mol. The molecule has 2 rings (SSSR count). The van der Waals surface area contributed by atoms with Crippen molar-refractivity contribution in [3.8, 4) is 0 Å². The maximum Gasteiger partial charge on any atom is -0.0155 e. The van der Waals surface area contributed by atoms with E-state index in [2.05, 4.69) is 69.0 Å². The lowest BCUT2D eigenvalue weighted by atomic mass is 9.93. The first-order chi connectivity index (χ1) is 9.74. The second-order valence-corrected chi connectivity index (χ2v) is 4.42. The molecule has 0 unspecified atom stereocenters. The molecule has 104 valence electrons. The molecule has 0 atom stereocenters. The fraction of sp³-hybridized carbons (Fsp3) is 0.200. The molecule has 20 heavy (non-hydrogen) atoms. The van der Waals surface area contributed by atoms with Crippen LogP contribution in [-0.2, 0) is 0 Å². The van der Waals surface area contributed by atoms with Crippen molar-refractivity contribution < 1.29 is 0 Å². The summed E-state index contributed by atoms with van der Waals surface area (Å²) in [4.78, 5) is 0. The molecule has 0 bridgehead atoms. The Morgan fingerprint density at radius 2 is 1.45 bits per heavy atom. The summed E-state index contributed by atoms with van der Waals surface area (Å²) in [5.74, 6) is 0. The van der Waals surface area contributed by atoms with E-state index in [0.29, 0.717) is 0 Å². The van der Waals surface area contributed by atoms with Crippen molar-refractivity contribution in [3.05, 3.63) is 83.9 Å². The summed E-state index contributed by atoms with van der Waals surface area (Å²) >= 11 is 0. The third-order valence-electron chi connectivity index (χ3n) is 3.24. The number of hydrogen-bond acceptors (Lipinski definition) is 0. The van der Waals surface area contributed by atoms with Gasteiger partial charge in [-0.25, -0.2) is 0 Å². The smallest absolute Gasteiger partial charge is 0.0155 e. The van der Waals surface area contributed by atoms with Gasteiger partial charge < -0.3 is 0 Å². The van der Waals surface area contributed by atoms with Gasteiger partial charge in [-0.2, -0.15) is 0 Å². The van der Waals surface area contributed by atoms with Gasteiger partial charge in [0, 0.05) is 0 Å². The van der Waals surface area contributed by atoms with Crippen molar-refractivity contribution in [2.45, 2.75) is 27.7 Å². The molecule has 0 saturated heterocycles. The van der Waals surface area contributed by atoms with Gasteiger partial charge in [0.25, 0.3) is 0 Å². The highest BCUT2D eigenvalue weighted by molar-refractivity contribution is 5.95. The van der Waals surface area contributed by atoms with Crippen LogP contribution < -0.4 is 0 Å². The highest BCUT2D eigenvalue weighted by Gasteiger charge is 2.06. The van der Waals surface area contributed by atoms with Crippen LogP contribution >= 0.6 is 0 Å². The predicted octanol–water partition coefficient (Wildman–Crippen LogP) is 6.14. The Morgan fingerprint density at radius 1 is 0.900 bits per heavy atom. The van der Waals surface area contributed by atoms with E-state index in [1.54, 1.807) is 0 Å². The Kier molecular flexibility index (Phi) is 6.52. The van der Waals surface area contributed by atoms with Gasteiger partial charge in [0.1, 0.15) is 0 Å². The van der Waals surface area contributed by atoms with Crippen molar-refractivity contribution >= 4 is 11.1 Å². The first-order valence-electron chi connectivity index (χ1n) is 7.18. The molecule has 0 heterocycles. The number of rotatable bonds is 3. The zero-order chi connectivity index (χ0) is 15.0. The fourth-order valence-electron chi connectivity index (χ4n) is 2.24. The highest BCUT2D eigenvalue weighted by atomic mass is 14.1. The van der Waals surface area contributed by atoms with Crippen LogP contribution in [0.25, 0.3) is 11.1 Å². The van der Waals surface area contributed by atoms with Crippen molar-refractivity contribution in [2.75, 3.05) is 0 Å². The van der Waals surface area contributed by atoms with Crippen LogP contribution in [0.4, 0.5) is 0 Å². The lowest BCUT2D eigenvalue weighted by Crippen LogP contribution is -1.90.